The van der Waals surface area contributed by atoms with Gasteiger partial charge < -0.3 is 14.3 Å². The number of carbonyl (C=O) groups is 2. The zero-order valence-corrected chi connectivity index (χ0v) is 15.1. The molecule has 12 nitrogen and oxygen atoms in total. The fraction of sp³-hybridized carbons (Fsp3) is 0.167. The van der Waals surface area contributed by atoms with E-state index >= 15 is 0 Å². The molecule has 1 unspecified atom stereocenters. The molecule has 0 fully saturated rings. The van der Waals surface area contributed by atoms with Gasteiger partial charge in [0.2, 0.25) is 0 Å². The molecule has 0 saturated carbocycles. The van der Waals surface area contributed by atoms with Crippen molar-refractivity contribution < 1.29 is 33.7 Å². The molecule has 0 aromatic heterocycles. The molecule has 0 saturated heterocycles. The molecule has 2 aromatic carbocycles. The van der Waals surface area contributed by atoms with Crippen molar-refractivity contribution in [2.75, 3.05) is 13.2 Å². The predicted molar refractivity (Wildman–Crippen MR) is 99.1 cm³/mol. The lowest BCUT2D eigenvalue weighted by molar-refractivity contribution is -0.385. The van der Waals surface area contributed by atoms with Crippen molar-refractivity contribution in [2.45, 2.75) is 6.10 Å². The van der Waals surface area contributed by atoms with E-state index in [9.17, 15) is 29.8 Å². The minimum Gasteiger partial charge on any atom is -0.456 e. The van der Waals surface area contributed by atoms with E-state index < -0.39 is 27.9 Å². The molecule has 1 atom stereocenters. The van der Waals surface area contributed by atoms with Crippen molar-refractivity contribution in [3.63, 3.8) is 0 Å². The van der Waals surface area contributed by atoms with Gasteiger partial charge in [0.25, 0.3) is 11.4 Å². The quantitative estimate of drug-likeness (QED) is 0.375. The van der Waals surface area contributed by atoms with E-state index in [-0.39, 0.29) is 41.4 Å². The van der Waals surface area contributed by atoms with Crippen LogP contribution in [-0.2, 0) is 14.3 Å². The number of nitro benzene ring substituents is 2. The molecule has 0 aliphatic carbocycles. The maximum Gasteiger partial charge on any atom is 0.338 e. The Hall–Kier alpha value is -4.35. The SMILES string of the molecule is O=C(OCC1=NOCC1OC(=O)c1ccc([N+](=O)[O-])cc1)c1ccc([N+](=O)[O-])cc1. The summed E-state index contributed by atoms with van der Waals surface area (Å²) in [6, 6.07) is 9.68. The van der Waals surface area contributed by atoms with E-state index in [4.69, 9.17) is 14.3 Å². The highest BCUT2D eigenvalue weighted by Crippen LogP contribution is 2.16. The Morgan fingerprint density at radius 2 is 1.43 bits per heavy atom. The molecular weight excluding hydrogens is 402 g/mol. The lowest BCUT2D eigenvalue weighted by Crippen LogP contribution is -2.30. The first-order chi connectivity index (χ1) is 14.3. The largest absolute Gasteiger partial charge is 0.456 e. The van der Waals surface area contributed by atoms with Crippen LogP contribution < -0.4 is 0 Å². The summed E-state index contributed by atoms with van der Waals surface area (Å²) < 4.78 is 10.3. The van der Waals surface area contributed by atoms with Crippen molar-refractivity contribution in [2.24, 2.45) is 5.16 Å². The summed E-state index contributed by atoms with van der Waals surface area (Å²) in [5.41, 5.74) is 0.00397. The Kier molecular flexibility index (Phi) is 5.96. The second-order valence-electron chi connectivity index (χ2n) is 5.96. The maximum atomic E-state index is 12.2. The summed E-state index contributed by atoms with van der Waals surface area (Å²) in [4.78, 5) is 49.3. The van der Waals surface area contributed by atoms with E-state index in [1.54, 1.807) is 0 Å². The number of nitro groups is 2. The van der Waals surface area contributed by atoms with E-state index in [2.05, 4.69) is 5.16 Å². The summed E-state index contributed by atoms with van der Waals surface area (Å²) in [5, 5.41) is 25.0. The number of oxime groups is 1. The van der Waals surface area contributed by atoms with Gasteiger partial charge in [-0.05, 0) is 24.3 Å². The lowest BCUT2D eigenvalue weighted by atomic mass is 10.2. The van der Waals surface area contributed by atoms with Crippen LogP contribution in [0, 0.1) is 20.2 Å². The molecule has 3 rings (SSSR count). The molecule has 0 N–H and O–H groups in total. The van der Waals surface area contributed by atoms with Crippen LogP contribution in [-0.4, -0.2) is 46.8 Å². The molecule has 154 valence electrons. The Morgan fingerprint density at radius 1 is 0.933 bits per heavy atom. The fourth-order valence-electron chi connectivity index (χ4n) is 2.42. The Morgan fingerprint density at radius 3 is 1.93 bits per heavy atom. The monoisotopic (exact) mass is 415 g/mol. The van der Waals surface area contributed by atoms with Crippen LogP contribution in [0.3, 0.4) is 0 Å². The number of benzene rings is 2. The summed E-state index contributed by atoms with van der Waals surface area (Å²) in [6.07, 6.45) is -0.905. The van der Waals surface area contributed by atoms with Gasteiger partial charge in [0.15, 0.2) is 12.7 Å². The minimum atomic E-state index is -0.905. The third kappa shape index (κ3) is 4.73. The van der Waals surface area contributed by atoms with Gasteiger partial charge in [-0.1, -0.05) is 5.16 Å². The minimum absolute atomic E-state index is 0.0802. The highest BCUT2D eigenvalue weighted by atomic mass is 16.7. The molecule has 0 spiro atoms. The predicted octanol–water partition coefficient (Wildman–Crippen LogP) is 2.27. The molecule has 1 aliphatic heterocycles. The van der Waals surface area contributed by atoms with Crippen molar-refractivity contribution in [1.82, 2.24) is 0 Å². The standard InChI is InChI=1S/C18H13N3O9/c22-17(11-1-5-13(6-2-11)20(24)25)28-9-15-16(10-29-19-15)30-18(23)12-3-7-14(8-4-12)21(26)27/h1-8,16H,9-10H2. The fourth-order valence-corrected chi connectivity index (χ4v) is 2.42. The maximum absolute atomic E-state index is 12.2. The first-order valence-electron chi connectivity index (χ1n) is 8.41. The number of esters is 2. The number of rotatable bonds is 7. The third-order valence-electron chi connectivity index (χ3n) is 4.01. The molecule has 1 aliphatic rings. The molecule has 0 amide bonds. The Bertz CT molecular complexity index is 1020. The second-order valence-corrected chi connectivity index (χ2v) is 5.96. The molecule has 12 heteroatoms. The first-order valence-corrected chi connectivity index (χ1v) is 8.41. The zero-order valence-electron chi connectivity index (χ0n) is 15.1. The first kappa shape index (κ1) is 20.4. The lowest BCUT2D eigenvalue weighted by Gasteiger charge is -2.12. The van der Waals surface area contributed by atoms with Gasteiger partial charge in [-0.2, -0.15) is 0 Å². The van der Waals surface area contributed by atoms with Crippen LogP contribution in [0.25, 0.3) is 0 Å². The van der Waals surface area contributed by atoms with Gasteiger partial charge in [0.1, 0.15) is 12.3 Å². The number of nitrogens with zero attached hydrogens (tertiary/aromatic N) is 3. The molecule has 0 bridgehead atoms. The molecule has 2 aromatic rings. The normalized spacial score (nSPS) is 14.9. The van der Waals surface area contributed by atoms with Gasteiger partial charge >= 0.3 is 11.9 Å². The van der Waals surface area contributed by atoms with Crippen molar-refractivity contribution >= 4 is 29.0 Å². The summed E-state index contributed by atoms with van der Waals surface area (Å²) >= 11 is 0. The molecule has 1 heterocycles. The van der Waals surface area contributed by atoms with E-state index in [1.807, 2.05) is 0 Å². The topological polar surface area (TPSA) is 160 Å². The molecule has 30 heavy (non-hydrogen) atoms. The van der Waals surface area contributed by atoms with Crippen LogP contribution in [0.5, 0.6) is 0 Å². The van der Waals surface area contributed by atoms with Gasteiger partial charge in [0.05, 0.1) is 21.0 Å². The molecule has 0 radical (unpaired) electrons. The average molecular weight is 415 g/mol. The average Bonchev–Trinajstić information content (AvgIpc) is 3.19. The van der Waals surface area contributed by atoms with Crippen molar-refractivity contribution in [3.05, 3.63) is 79.9 Å². The second kappa shape index (κ2) is 8.77. The van der Waals surface area contributed by atoms with E-state index in [1.165, 1.54) is 48.5 Å². The summed E-state index contributed by atoms with van der Waals surface area (Å²) in [6.45, 7) is -0.406. The number of hydrogen-bond acceptors (Lipinski definition) is 10. The number of ether oxygens (including phenoxy) is 2. The van der Waals surface area contributed by atoms with Crippen LogP contribution in [0.4, 0.5) is 11.4 Å². The van der Waals surface area contributed by atoms with Crippen molar-refractivity contribution in [3.8, 4) is 0 Å². The number of non-ortho nitro benzene ring substituents is 2. The van der Waals surface area contributed by atoms with Gasteiger partial charge in [-0.15, -0.1) is 0 Å². The van der Waals surface area contributed by atoms with Crippen LogP contribution in [0.1, 0.15) is 20.7 Å². The highest BCUT2D eigenvalue weighted by Gasteiger charge is 2.29. The Labute approximate surface area is 167 Å². The van der Waals surface area contributed by atoms with Gasteiger partial charge in [-0.25, -0.2) is 9.59 Å². The van der Waals surface area contributed by atoms with E-state index in [0.717, 1.165) is 0 Å². The molecular formula is C18H13N3O9. The highest BCUT2D eigenvalue weighted by molar-refractivity contribution is 5.97. The van der Waals surface area contributed by atoms with Crippen LogP contribution in [0.15, 0.2) is 53.7 Å². The smallest absolute Gasteiger partial charge is 0.338 e. The van der Waals surface area contributed by atoms with Crippen LogP contribution >= 0.6 is 0 Å². The van der Waals surface area contributed by atoms with Gasteiger partial charge in [0, 0.05) is 24.3 Å². The summed E-state index contributed by atoms with van der Waals surface area (Å²) in [5.74, 6) is -1.50. The zero-order chi connectivity index (χ0) is 21.7. The van der Waals surface area contributed by atoms with E-state index in [0.29, 0.717) is 0 Å². The number of carbonyl (C=O) groups excluding carboxylic acids is 2. The van der Waals surface area contributed by atoms with Crippen LogP contribution in [0.2, 0.25) is 0 Å². The summed E-state index contributed by atoms with van der Waals surface area (Å²) in [7, 11) is 0. The Balaban J connectivity index is 1.56. The van der Waals surface area contributed by atoms with Gasteiger partial charge in [-0.3, -0.25) is 20.2 Å². The number of hydrogen-bond donors (Lipinski definition) is 0. The third-order valence-corrected chi connectivity index (χ3v) is 4.01. The van der Waals surface area contributed by atoms with Crippen molar-refractivity contribution in [1.29, 1.82) is 0 Å².